The molecule has 0 spiro atoms. The predicted molar refractivity (Wildman–Crippen MR) is 107 cm³/mol. The molecule has 2 heterocycles. The lowest BCUT2D eigenvalue weighted by Crippen LogP contribution is -2.25. The van der Waals surface area contributed by atoms with Gasteiger partial charge < -0.3 is 4.74 Å². The summed E-state index contributed by atoms with van der Waals surface area (Å²) in [7, 11) is 0. The second-order valence-electron chi connectivity index (χ2n) is 7.08. The van der Waals surface area contributed by atoms with E-state index in [0.29, 0.717) is 12.3 Å². The summed E-state index contributed by atoms with van der Waals surface area (Å²) in [5.74, 6) is 1.12. The van der Waals surface area contributed by atoms with E-state index in [1.807, 2.05) is 29.8 Å². The lowest BCUT2D eigenvalue weighted by atomic mass is 9.84. The predicted octanol–water partition coefficient (Wildman–Crippen LogP) is 4.74. The van der Waals surface area contributed by atoms with Gasteiger partial charge in [0, 0.05) is 11.3 Å². The van der Waals surface area contributed by atoms with Gasteiger partial charge in [0.1, 0.15) is 11.9 Å². The maximum absolute atomic E-state index is 11.7. The van der Waals surface area contributed by atoms with Gasteiger partial charge in [-0.25, -0.2) is 4.98 Å². The number of nitrogens with zero attached hydrogens (tertiary/aromatic N) is 1. The van der Waals surface area contributed by atoms with Crippen molar-refractivity contribution in [3.8, 4) is 5.75 Å². The summed E-state index contributed by atoms with van der Waals surface area (Å²) in [6.45, 7) is 0. The highest BCUT2D eigenvalue weighted by Crippen LogP contribution is 2.37. The van der Waals surface area contributed by atoms with Crippen LogP contribution in [0.2, 0.25) is 0 Å². The topological polar surface area (TPSA) is 68.3 Å². The third kappa shape index (κ3) is 4.52. The summed E-state index contributed by atoms with van der Waals surface area (Å²) >= 11 is 2.67. The van der Waals surface area contributed by atoms with Gasteiger partial charge in [-0.1, -0.05) is 43.2 Å². The van der Waals surface area contributed by atoms with Crippen LogP contribution in [-0.2, 0) is 11.2 Å². The summed E-state index contributed by atoms with van der Waals surface area (Å²) in [5.41, 5.74) is 3.91. The van der Waals surface area contributed by atoms with Crippen LogP contribution in [0.15, 0.2) is 35.2 Å². The smallest absolute Gasteiger partial charge is 0.286 e. The van der Waals surface area contributed by atoms with E-state index in [1.165, 1.54) is 32.1 Å². The Hall–Kier alpha value is -1.86. The van der Waals surface area contributed by atoms with Crippen molar-refractivity contribution in [2.24, 2.45) is 5.92 Å². The SMILES string of the molecule is O=C1NC(=O)C(Cc2ccc(OC(c3cscn3)C3CCCCC3)cc2)S1. The quantitative estimate of drug-likeness (QED) is 0.756. The first-order valence-corrected chi connectivity index (χ1v) is 11.2. The number of carbonyl (C=O) groups is 2. The van der Waals surface area contributed by atoms with Crippen LogP contribution >= 0.6 is 23.1 Å². The largest absolute Gasteiger partial charge is 0.484 e. The highest BCUT2D eigenvalue weighted by atomic mass is 32.2. The summed E-state index contributed by atoms with van der Waals surface area (Å²) < 4.78 is 6.37. The number of benzene rings is 1. The van der Waals surface area contributed by atoms with Gasteiger partial charge in [-0.2, -0.15) is 0 Å². The maximum Gasteiger partial charge on any atom is 0.286 e. The Bertz CT molecular complexity index is 786. The number of rotatable bonds is 6. The van der Waals surface area contributed by atoms with E-state index in [2.05, 4.69) is 15.7 Å². The minimum absolute atomic E-state index is 0.00353. The van der Waals surface area contributed by atoms with Gasteiger partial charge in [0.25, 0.3) is 5.24 Å². The Kier molecular flexibility index (Phi) is 5.78. The zero-order chi connectivity index (χ0) is 18.6. The van der Waals surface area contributed by atoms with Gasteiger partial charge >= 0.3 is 0 Å². The average Bonchev–Trinajstić information content (AvgIpc) is 3.32. The van der Waals surface area contributed by atoms with Crippen molar-refractivity contribution in [2.75, 3.05) is 0 Å². The van der Waals surface area contributed by atoms with Gasteiger partial charge in [0.2, 0.25) is 5.91 Å². The molecular formula is C20H22N2O3S2. The Morgan fingerprint density at radius 2 is 1.93 bits per heavy atom. The minimum Gasteiger partial charge on any atom is -0.484 e. The number of amides is 2. The summed E-state index contributed by atoms with van der Waals surface area (Å²) in [6, 6.07) is 7.86. The standard InChI is InChI=1S/C20H22N2O3S2/c23-19-17(27-20(24)22-19)10-13-6-8-15(9-7-13)25-18(16-11-26-12-21-16)14-4-2-1-3-5-14/h6-9,11-12,14,17-18H,1-5,10H2,(H,22,23,24). The summed E-state index contributed by atoms with van der Waals surface area (Å²) in [5, 5.41) is 3.82. The number of imide groups is 1. The molecule has 2 amide bonds. The molecule has 2 aliphatic rings. The van der Waals surface area contributed by atoms with Gasteiger partial charge in [0.15, 0.2) is 0 Å². The van der Waals surface area contributed by atoms with Crippen molar-refractivity contribution in [3.05, 3.63) is 46.4 Å². The first-order valence-electron chi connectivity index (χ1n) is 9.34. The van der Waals surface area contributed by atoms with Crippen LogP contribution in [0.25, 0.3) is 0 Å². The molecule has 1 aliphatic carbocycles. The van der Waals surface area contributed by atoms with Crippen LogP contribution in [0, 0.1) is 5.92 Å². The van der Waals surface area contributed by atoms with E-state index >= 15 is 0 Å². The zero-order valence-electron chi connectivity index (χ0n) is 14.9. The Morgan fingerprint density at radius 1 is 1.15 bits per heavy atom. The van der Waals surface area contributed by atoms with Crippen molar-refractivity contribution >= 4 is 34.2 Å². The van der Waals surface area contributed by atoms with Crippen LogP contribution in [0.3, 0.4) is 0 Å². The molecule has 2 aromatic rings. The number of ether oxygens (including phenoxy) is 1. The third-order valence-corrected chi connectivity index (χ3v) is 6.78. The van der Waals surface area contributed by atoms with Crippen LogP contribution in [-0.4, -0.2) is 21.4 Å². The average molecular weight is 403 g/mol. The van der Waals surface area contributed by atoms with Gasteiger partial charge in [-0.3, -0.25) is 14.9 Å². The van der Waals surface area contributed by atoms with Gasteiger partial charge in [0.05, 0.1) is 16.5 Å². The minimum atomic E-state index is -0.339. The Balaban J connectivity index is 1.44. The maximum atomic E-state index is 11.7. The number of carbonyl (C=O) groups excluding carboxylic acids is 2. The number of aromatic nitrogens is 1. The molecule has 5 nitrogen and oxygen atoms in total. The molecule has 4 rings (SSSR count). The first kappa shape index (κ1) is 18.5. The highest BCUT2D eigenvalue weighted by Gasteiger charge is 2.31. The molecule has 1 aromatic heterocycles. The second kappa shape index (κ2) is 8.44. The van der Waals surface area contributed by atoms with E-state index in [0.717, 1.165) is 28.8 Å². The van der Waals surface area contributed by atoms with Crippen LogP contribution in [0.4, 0.5) is 4.79 Å². The van der Waals surface area contributed by atoms with Crippen molar-refractivity contribution in [2.45, 2.75) is 49.9 Å². The van der Waals surface area contributed by atoms with Crippen molar-refractivity contribution in [1.82, 2.24) is 10.3 Å². The summed E-state index contributed by atoms with van der Waals surface area (Å²) in [4.78, 5) is 27.5. The van der Waals surface area contributed by atoms with E-state index < -0.39 is 0 Å². The molecule has 7 heteroatoms. The van der Waals surface area contributed by atoms with E-state index in [9.17, 15) is 9.59 Å². The number of thioether (sulfide) groups is 1. The molecule has 27 heavy (non-hydrogen) atoms. The molecule has 1 saturated heterocycles. The normalized spacial score (nSPS) is 21.9. The molecule has 2 atom stereocenters. The zero-order valence-corrected chi connectivity index (χ0v) is 16.6. The highest BCUT2D eigenvalue weighted by molar-refractivity contribution is 8.15. The molecular weight excluding hydrogens is 380 g/mol. The number of thiazole rings is 1. The molecule has 1 aliphatic heterocycles. The third-order valence-electron chi connectivity index (χ3n) is 5.20. The van der Waals surface area contributed by atoms with Crippen LogP contribution < -0.4 is 10.1 Å². The Morgan fingerprint density at radius 3 is 2.56 bits per heavy atom. The number of nitrogens with one attached hydrogen (secondary N) is 1. The molecule has 0 bridgehead atoms. The molecule has 1 N–H and O–H groups in total. The van der Waals surface area contributed by atoms with Crippen molar-refractivity contribution in [3.63, 3.8) is 0 Å². The van der Waals surface area contributed by atoms with Crippen LogP contribution in [0.1, 0.15) is 49.5 Å². The lowest BCUT2D eigenvalue weighted by Gasteiger charge is -2.29. The second-order valence-corrected chi connectivity index (χ2v) is 8.98. The van der Waals surface area contributed by atoms with Gasteiger partial charge in [-0.05, 0) is 37.0 Å². The molecule has 1 saturated carbocycles. The number of hydrogen-bond acceptors (Lipinski definition) is 6. The monoisotopic (exact) mass is 402 g/mol. The van der Waals surface area contributed by atoms with E-state index in [-0.39, 0.29) is 22.5 Å². The summed E-state index contributed by atoms with van der Waals surface area (Å²) in [6.07, 6.45) is 6.73. The number of hydrogen-bond donors (Lipinski definition) is 1. The molecule has 1 aromatic carbocycles. The van der Waals surface area contributed by atoms with Gasteiger partial charge in [-0.15, -0.1) is 11.3 Å². The lowest BCUT2D eigenvalue weighted by molar-refractivity contribution is -0.118. The Labute approximate surface area is 166 Å². The van der Waals surface area contributed by atoms with E-state index in [1.54, 1.807) is 11.3 Å². The fourth-order valence-electron chi connectivity index (χ4n) is 3.79. The van der Waals surface area contributed by atoms with Crippen molar-refractivity contribution in [1.29, 1.82) is 0 Å². The first-order chi connectivity index (χ1) is 13.2. The molecule has 0 radical (unpaired) electrons. The van der Waals surface area contributed by atoms with Crippen LogP contribution in [0.5, 0.6) is 5.75 Å². The molecule has 2 unspecified atom stereocenters. The fraction of sp³-hybridized carbons (Fsp3) is 0.450. The fourth-order valence-corrected chi connectivity index (χ4v) is 5.23. The molecule has 142 valence electrons. The van der Waals surface area contributed by atoms with E-state index in [4.69, 9.17) is 4.74 Å². The van der Waals surface area contributed by atoms with Crippen molar-refractivity contribution < 1.29 is 14.3 Å². The molecule has 2 fully saturated rings.